The van der Waals surface area contributed by atoms with Gasteiger partial charge in [0.2, 0.25) is 0 Å². The quantitative estimate of drug-likeness (QED) is 0.830. The molecule has 5 heteroatoms. The molecule has 24 heavy (non-hydrogen) atoms. The van der Waals surface area contributed by atoms with Crippen LogP contribution in [0.2, 0.25) is 0 Å². The highest BCUT2D eigenvalue weighted by molar-refractivity contribution is 5.45. The SMILES string of the molecule is COc1ccc(CN2CCOC[C@@H]2[C@@H]2CCC[C@@H]2OC)cc1C#N. The lowest BCUT2D eigenvalue weighted by Crippen LogP contribution is -2.50. The molecule has 0 radical (unpaired) electrons. The lowest BCUT2D eigenvalue weighted by atomic mass is 9.93. The van der Waals surface area contributed by atoms with Gasteiger partial charge in [0.15, 0.2) is 0 Å². The minimum atomic E-state index is 0.338. The number of rotatable bonds is 5. The molecule has 3 atom stereocenters. The Bertz CT molecular complexity index is 599. The van der Waals surface area contributed by atoms with Gasteiger partial charge in [0.05, 0.1) is 32.0 Å². The van der Waals surface area contributed by atoms with E-state index < -0.39 is 0 Å². The molecule has 1 aromatic rings. The van der Waals surface area contributed by atoms with Gasteiger partial charge in [-0.15, -0.1) is 0 Å². The van der Waals surface area contributed by atoms with Crippen LogP contribution in [0.25, 0.3) is 0 Å². The maximum Gasteiger partial charge on any atom is 0.136 e. The van der Waals surface area contributed by atoms with Crippen molar-refractivity contribution >= 4 is 0 Å². The summed E-state index contributed by atoms with van der Waals surface area (Å²) in [5.41, 5.74) is 1.74. The average Bonchev–Trinajstić information content (AvgIpc) is 3.10. The van der Waals surface area contributed by atoms with Gasteiger partial charge in [0.25, 0.3) is 0 Å². The molecule has 2 aliphatic rings. The zero-order chi connectivity index (χ0) is 16.9. The Labute approximate surface area is 144 Å². The normalized spacial score (nSPS) is 27.8. The van der Waals surface area contributed by atoms with Crippen molar-refractivity contribution in [3.8, 4) is 11.8 Å². The summed E-state index contributed by atoms with van der Waals surface area (Å²) in [7, 11) is 3.42. The summed E-state index contributed by atoms with van der Waals surface area (Å²) in [6.07, 6.45) is 3.92. The zero-order valence-electron chi connectivity index (χ0n) is 14.5. The van der Waals surface area contributed by atoms with E-state index in [1.54, 1.807) is 7.11 Å². The molecule has 1 aliphatic heterocycles. The van der Waals surface area contributed by atoms with Gasteiger partial charge in [-0.1, -0.05) is 12.5 Å². The lowest BCUT2D eigenvalue weighted by Gasteiger charge is -2.40. The topological polar surface area (TPSA) is 54.7 Å². The van der Waals surface area contributed by atoms with Crippen molar-refractivity contribution in [2.75, 3.05) is 34.0 Å². The van der Waals surface area contributed by atoms with Crippen LogP contribution in [-0.4, -0.2) is 51.0 Å². The van der Waals surface area contributed by atoms with Crippen molar-refractivity contribution in [2.24, 2.45) is 5.92 Å². The molecule has 1 aliphatic carbocycles. The van der Waals surface area contributed by atoms with E-state index in [1.807, 2.05) is 19.2 Å². The highest BCUT2D eigenvalue weighted by Crippen LogP contribution is 2.34. The van der Waals surface area contributed by atoms with Gasteiger partial charge in [-0.2, -0.15) is 5.26 Å². The Morgan fingerprint density at radius 1 is 1.33 bits per heavy atom. The van der Waals surface area contributed by atoms with Gasteiger partial charge in [-0.05, 0) is 30.5 Å². The van der Waals surface area contributed by atoms with E-state index in [9.17, 15) is 5.26 Å². The predicted molar refractivity (Wildman–Crippen MR) is 90.9 cm³/mol. The Morgan fingerprint density at radius 2 is 2.21 bits per heavy atom. The summed E-state index contributed by atoms with van der Waals surface area (Å²) < 4.78 is 16.7. The molecule has 1 heterocycles. The molecule has 0 amide bonds. The van der Waals surface area contributed by atoms with Gasteiger partial charge in [-0.25, -0.2) is 0 Å². The number of hydrogen-bond donors (Lipinski definition) is 0. The smallest absolute Gasteiger partial charge is 0.136 e. The number of ether oxygens (including phenoxy) is 3. The third kappa shape index (κ3) is 3.56. The van der Waals surface area contributed by atoms with Crippen LogP contribution in [0, 0.1) is 17.2 Å². The Hall–Kier alpha value is -1.61. The molecule has 0 N–H and O–H groups in total. The van der Waals surface area contributed by atoms with Crippen molar-refractivity contribution in [3.05, 3.63) is 29.3 Å². The zero-order valence-corrected chi connectivity index (χ0v) is 14.5. The van der Waals surface area contributed by atoms with Crippen LogP contribution in [0.3, 0.4) is 0 Å². The van der Waals surface area contributed by atoms with E-state index in [1.165, 1.54) is 12.8 Å². The summed E-state index contributed by atoms with van der Waals surface area (Å²) >= 11 is 0. The lowest BCUT2D eigenvalue weighted by molar-refractivity contribution is -0.0608. The molecule has 3 rings (SSSR count). The molecule has 2 fully saturated rings. The molecule has 0 aromatic heterocycles. The third-order valence-corrected chi connectivity index (χ3v) is 5.35. The van der Waals surface area contributed by atoms with Crippen LogP contribution in [0.4, 0.5) is 0 Å². The van der Waals surface area contributed by atoms with Crippen LogP contribution >= 0.6 is 0 Å². The minimum absolute atomic E-state index is 0.338. The summed E-state index contributed by atoms with van der Waals surface area (Å²) in [6.45, 7) is 3.29. The number of benzene rings is 1. The van der Waals surface area contributed by atoms with Crippen LogP contribution in [0.5, 0.6) is 5.75 Å². The van der Waals surface area contributed by atoms with E-state index in [0.717, 1.165) is 38.3 Å². The fourth-order valence-electron chi connectivity index (χ4n) is 4.11. The molecule has 0 spiro atoms. The van der Waals surface area contributed by atoms with Crippen LogP contribution < -0.4 is 4.74 Å². The van der Waals surface area contributed by atoms with Crippen molar-refractivity contribution in [3.63, 3.8) is 0 Å². The molecular formula is C19H26N2O3. The monoisotopic (exact) mass is 330 g/mol. The maximum absolute atomic E-state index is 9.29. The minimum Gasteiger partial charge on any atom is -0.495 e. The second kappa shape index (κ2) is 7.98. The standard InChI is InChI=1S/C19H26N2O3/c1-22-18-7-6-14(10-15(18)11-20)12-21-8-9-24-13-17(21)16-4-3-5-19(16)23-2/h6-7,10,16-17,19H,3-5,8-9,12-13H2,1-2H3/t16-,17+,19-/m0/s1. The molecule has 0 unspecified atom stereocenters. The number of nitriles is 1. The Morgan fingerprint density at radius 3 is 2.96 bits per heavy atom. The van der Waals surface area contributed by atoms with E-state index in [-0.39, 0.29) is 0 Å². The highest BCUT2D eigenvalue weighted by Gasteiger charge is 2.38. The van der Waals surface area contributed by atoms with E-state index in [2.05, 4.69) is 17.0 Å². The maximum atomic E-state index is 9.29. The summed E-state index contributed by atoms with van der Waals surface area (Å²) in [4.78, 5) is 2.49. The molecule has 1 saturated heterocycles. The first kappa shape index (κ1) is 17.2. The molecule has 5 nitrogen and oxygen atoms in total. The Balaban J connectivity index is 1.76. The first-order valence-corrected chi connectivity index (χ1v) is 8.68. The number of methoxy groups -OCH3 is 2. The second-order valence-electron chi connectivity index (χ2n) is 6.63. The summed E-state index contributed by atoms with van der Waals surface area (Å²) in [5, 5.41) is 9.29. The average molecular weight is 330 g/mol. The largest absolute Gasteiger partial charge is 0.495 e. The van der Waals surface area contributed by atoms with Crippen molar-refractivity contribution in [1.82, 2.24) is 4.90 Å². The fourth-order valence-corrected chi connectivity index (χ4v) is 4.11. The summed E-state index contributed by atoms with van der Waals surface area (Å²) in [5.74, 6) is 1.17. The van der Waals surface area contributed by atoms with Gasteiger partial charge in [-0.3, -0.25) is 4.90 Å². The molecule has 130 valence electrons. The fraction of sp³-hybridized carbons (Fsp3) is 0.632. The molecule has 1 saturated carbocycles. The van der Waals surface area contributed by atoms with Crippen LogP contribution in [-0.2, 0) is 16.0 Å². The number of hydrogen-bond acceptors (Lipinski definition) is 5. The van der Waals surface area contributed by atoms with E-state index in [4.69, 9.17) is 14.2 Å². The third-order valence-electron chi connectivity index (χ3n) is 5.35. The molecular weight excluding hydrogens is 304 g/mol. The summed E-state index contributed by atoms with van der Waals surface area (Å²) in [6, 6.07) is 8.48. The molecule has 0 bridgehead atoms. The van der Waals surface area contributed by atoms with Crippen molar-refractivity contribution in [2.45, 2.75) is 38.0 Å². The van der Waals surface area contributed by atoms with Crippen LogP contribution in [0.15, 0.2) is 18.2 Å². The molecule has 1 aromatic carbocycles. The van der Waals surface area contributed by atoms with E-state index in [0.29, 0.717) is 29.4 Å². The first-order valence-electron chi connectivity index (χ1n) is 8.68. The van der Waals surface area contributed by atoms with Crippen molar-refractivity contribution < 1.29 is 14.2 Å². The van der Waals surface area contributed by atoms with Crippen molar-refractivity contribution in [1.29, 1.82) is 5.26 Å². The van der Waals surface area contributed by atoms with Gasteiger partial charge in [0, 0.05) is 32.2 Å². The Kier molecular flexibility index (Phi) is 5.72. The van der Waals surface area contributed by atoms with Gasteiger partial charge >= 0.3 is 0 Å². The van der Waals surface area contributed by atoms with Gasteiger partial charge in [0.1, 0.15) is 11.8 Å². The van der Waals surface area contributed by atoms with Gasteiger partial charge < -0.3 is 14.2 Å². The number of nitrogens with zero attached hydrogens (tertiary/aromatic N) is 2. The van der Waals surface area contributed by atoms with E-state index >= 15 is 0 Å². The number of morpholine rings is 1. The predicted octanol–water partition coefficient (Wildman–Crippen LogP) is 2.58. The highest BCUT2D eigenvalue weighted by atomic mass is 16.5. The second-order valence-corrected chi connectivity index (χ2v) is 6.63. The van der Waals surface area contributed by atoms with Crippen LogP contribution in [0.1, 0.15) is 30.4 Å². The first-order chi connectivity index (χ1) is 11.8.